The number of aromatic nitrogens is 2. The van der Waals surface area contributed by atoms with Crippen molar-refractivity contribution in [1.82, 2.24) is 9.97 Å². The van der Waals surface area contributed by atoms with Gasteiger partial charge < -0.3 is 5.11 Å². The molecule has 0 unspecified atom stereocenters. The number of nitrogens with zero attached hydrogens (tertiary/aromatic N) is 2. The minimum Gasteiger partial charge on any atom is -0.478 e. The number of benzene rings is 1. The van der Waals surface area contributed by atoms with Gasteiger partial charge in [-0.05, 0) is 42.8 Å². The third-order valence-corrected chi connectivity index (χ3v) is 3.75. The molecule has 2 aromatic heterocycles. The second-order valence-corrected chi connectivity index (χ2v) is 5.51. The van der Waals surface area contributed by atoms with Gasteiger partial charge in [0, 0.05) is 16.8 Å². The molecule has 3 aromatic rings. The number of carboxylic acids is 1. The lowest BCUT2D eigenvalue weighted by Gasteiger charge is -2.10. The average molecular weight is 325 g/mol. The molecule has 0 aliphatic rings. The molecule has 0 bridgehead atoms. The fourth-order valence-electron chi connectivity index (χ4n) is 2.32. The summed E-state index contributed by atoms with van der Waals surface area (Å²) in [6.45, 7) is 1.88. The number of carbonyl (C=O) groups is 1. The van der Waals surface area contributed by atoms with Crippen LogP contribution in [0.4, 0.5) is 0 Å². The lowest BCUT2D eigenvalue weighted by Crippen LogP contribution is -2.03. The summed E-state index contributed by atoms with van der Waals surface area (Å²) < 4.78 is 0. The Hall–Kier alpha value is -2.72. The zero-order chi connectivity index (χ0) is 16.4. The second-order valence-electron chi connectivity index (χ2n) is 5.07. The predicted molar refractivity (Wildman–Crippen MR) is 89.6 cm³/mol. The summed E-state index contributed by atoms with van der Waals surface area (Å²) in [5, 5.41) is 10.0. The molecule has 0 fully saturated rings. The highest BCUT2D eigenvalue weighted by Gasteiger charge is 2.16. The summed E-state index contributed by atoms with van der Waals surface area (Å²) in [4.78, 5) is 20.2. The van der Waals surface area contributed by atoms with Gasteiger partial charge in [0.15, 0.2) is 0 Å². The molecule has 1 N–H and O–H groups in total. The van der Waals surface area contributed by atoms with Crippen molar-refractivity contribution in [3.8, 4) is 22.6 Å². The highest BCUT2D eigenvalue weighted by molar-refractivity contribution is 6.30. The van der Waals surface area contributed by atoms with E-state index in [1.165, 1.54) is 6.07 Å². The summed E-state index contributed by atoms with van der Waals surface area (Å²) in [6, 6.07) is 14.3. The van der Waals surface area contributed by atoms with E-state index in [1.54, 1.807) is 24.4 Å². The number of hydrogen-bond acceptors (Lipinski definition) is 3. The van der Waals surface area contributed by atoms with Gasteiger partial charge in [-0.2, -0.15) is 0 Å². The van der Waals surface area contributed by atoms with Crippen LogP contribution in [0.15, 0.2) is 54.7 Å². The first-order valence-electron chi connectivity index (χ1n) is 6.98. The van der Waals surface area contributed by atoms with Gasteiger partial charge in [-0.1, -0.05) is 29.8 Å². The molecular formula is C18H13ClN2O2. The molecule has 0 saturated heterocycles. The molecule has 114 valence electrons. The Morgan fingerprint density at radius 2 is 1.78 bits per heavy atom. The Labute approximate surface area is 138 Å². The van der Waals surface area contributed by atoms with Crippen LogP contribution in [0.5, 0.6) is 0 Å². The molecule has 0 atom stereocenters. The van der Waals surface area contributed by atoms with E-state index in [9.17, 15) is 9.90 Å². The summed E-state index contributed by atoms with van der Waals surface area (Å²) in [7, 11) is 0. The van der Waals surface area contributed by atoms with E-state index in [0.29, 0.717) is 16.4 Å². The Balaban J connectivity index is 2.16. The van der Waals surface area contributed by atoms with Gasteiger partial charge in [0.2, 0.25) is 0 Å². The maximum absolute atomic E-state index is 11.4. The summed E-state index contributed by atoms with van der Waals surface area (Å²) in [5.74, 6) is -1.02. The normalized spacial score (nSPS) is 10.5. The van der Waals surface area contributed by atoms with Gasteiger partial charge in [0.1, 0.15) is 5.69 Å². The van der Waals surface area contributed by atoms with Gasteiger partial charge >= 0.3 is 5.97 Å². The molecule has 0 aliphatic carbocycles. The van der Waals surface area contributed by atoms with Crippen molar-refractivity contribution in [2.45, 2.75) is 6.92 Å². The number of aryl methyl sites for hydroxylation is 1. The molecule has 0 aliphatic heterocycles. The molecule has 2 heterocycles. The van der Waals surface area contributed by atoms with Crippen LogP contribution < -0.4 is 0 Å². The number of pyridine rings is 2. The minimum absolute atomic E-state index is 0.136. The van der Waals surface area contributed by atoms with E-state index in [2.05, 4.69) is 9.97 Å². The maximum atomic E-state index is 11.4. The fourth-order valence-corrected chi connectivity index (χ4v) is 2.44. The van der Waals surface area contributed by atoms with E-state index in [4.69, 9.17) is 11.6 Å². The smallest absolute Gasteiger partial charge is 0.337 e. The van der Waals surface area contributed by atoms with Crippen LogP contribution in [0, 0.1) is 6.92 Å². The molecular weight excluding hydrogens is 312 g/mol. The molecule has 5 heteroatoms. The zero-order valence-corrected chi connectivity index (χ0v) is 13.1. The van der Waals surface area contributed by atoms with Crippen molar-refractivity contribution in [3.63, 3.8) is 0 Å². The van der Waals surface area contributed by atoms with Crippen LogP contribution in [-0.2, 0) is 0 Å². The number of aromatic carboxylic acids is 1. The number of halogens is 1. The predicted octanol–water partition coefficient (Wildman–Crippen LogP) is 4.47. The minimum atomic E-state index is -1.02. The van der Waals surface area contributed by atoms with E-state index >= 15 is 0 Å². The molecule has 23 heavy (non-hydrogen) atoms. The first-order valence-corrected chi connectivity index (χ1v) is 7.36. The molecule has 4 nitrogen and oxygen atoms in total. The monoisotopic (exact) mass is 324 g/mol. The number of carboxylic acid groups (broad SMARTS) is 1. The van der Waals surface area contributed by atoms with Gasteiger partial charge in [0.05, 0.1) is 17.0 Å². The Morgan fingerprint density at radius 1 is 1.04 bits per heavy atom. The topological polar surface area (TPSA) is 63.1 Å². The van der Waals surface area contributed by atoms with E-state index in [1.807, 2.05) is 31.2 Å². The van der Waals surface area contributed by atoms with Crippen LogP contribution in [0.2, 0.25) is 5.02 Å². The summed E-state index contributed by atoms with van der Waals surface area (Å²) >= 11 is 5.91. The van der Waals surface area contributed by atoms with Crippen molar-refractivity contribution in [3.05, 3.63) is 70.9 Å². The van der Waals surface area contributed by atoms with Crippen LogP contribution in [-0.4, -0.2) is 21.0 Å². The zero-order valence-electron chi connectivity index (χ0n) is 12.3. The van der Waals surface area contributed by atoms with Gasteiger partial charge in [0.25, 0.3) is 0 Å². The first-order chi connectivity index (χ1) is 11.1. The van der Waals surface area contributed by atoms with Crippen molar-refractivity contribution in [2.24, 2.45) is 0 Å². The van der Waals surface area contributed by atoms with Gasteiger partial charge in [-0.3, -0.25) is 4.98 Å². The summed E-state index contributed by atoms with van der Waals surface area (Å²) in [6.07, 6.45) is 1.57. The van der Waals surface area contributed by atoms with Gasteiger partial charge in [-0.15, -0.1) is 0 Å². The quantitative estimate of drug-likeness (QED) is 0.772. The van der Waals surface area contributed by atoms with Crippen molar-refractivity contribution in [1.29, 1.82) is 0 Å². The molecule has 0 spiro atoms. The SMILES string of the molecule is Cc1ccc(-c2ccc(Cl)cc2)nc1-c1ncccc1C(=O)O. The second kappa shape index (κ2) is 6.18. The molecule has 0 amide bonds. The maximum Gasteiger partial charge on any atom is 0.337 e. The third-order valence-electron chi connectivity index (χ3n) is 3.50. The molecule has 3 rings (SSSR count). The van der Waals surface area contributed by atoms with Crippen molar-refractivity contribution in [2.75, 3.05) is 0 Å². The lowest BCUT2D eigenvalue weighted by atomic mass is 10.0. The van der Waals surface area contributed by atoms with Crippen LogP contribution in [0.25, 0.3) is 22.6 Å². The Morgan fingerprint density at radius 3 is 2.48 bits per heavy atom. The van der Waals surface area contributed by atoms with Crippen LogP contribution in [0.3, 0.4) is 0 Å². The largest absolute Gasteiger partial charge is 0.478 e. The van der Waals surface area contributed by atoms with Crippen molar-refractivity contribution >= 4 is 17.6 Å². The fraction of sp³-hybridized carbons (Fsp3) is 0.0556. The third kappa shape index (κ3) is 3.07. The van der Waals surface area contributed by atoms with E-state index in [0.717, 1.165) is 16.8 Å². The first kappa shape index (κ1) is 15.2. The van der Waals surface area contributed by atoms with Crippen molar-refractivity contribution < 1.29 is 9.90 Å². The average Bonchev–Trinajstić information content (AvgIpc) is 2.56. The lowest BCUT2D eigenvalue weighted by molar-refractivity contribution is 0.0697. The Kier molecular flexibility index (Phi) is 4.08. The summed E-state index contributed by atoms with van der Waals surface area (Å²) in [5.41, 5.74) is 3.58. The number of hydrogen-bond donors (Lipinski definition) is 1. The Bertz CT molecular complexity index is 876. The van der Waals surface area contributed by atoms with Crippen LogP contribution in [0.1, 0.15) is 15.9 Å². The van der Waals surface area contributed by atoms with E-state index in [-0.39, 0.29) is 5.56 Å². The molecule has 0 saturated carbocycles. The molecule has 1 aromatic carbocycles. The van der Waals surface area contributed by atoms with E-state index < -0.39 is 5.97 Å². The number of rotatable bonds is 3. The highest BCUT2D eigenvalue weighted by atomic mass is 35.5. The highest BCUT2D eigenvalue weighted by Crippen LogP contribution is 2.27. The van der Waals surface area contributed by atoms with Gasteiger partial charge in [-0.25, -0.2) is 9.78 Å². The van der Waals surface area contributed by atoms with Crippen LogP contribution >= 0.6 is 11.6 Å². The molecule has 0 radical (unpaired) electrons. The standard InChI is InChI=1S/C18H13ClN2O2/c1-11-4-9-15(12-5-7-13(19)8-6-12)21-16(11)17-14(18(22)23)3-2-10-20-17/h2-10H,1H3,(H,22,23).